The largest absolute Gasteiger partial charge is 0.393 e. The molecule has 2 N–H and O–H groups in total. The molecule has 0 bridgehead atoms. The summed E-state index contributed by atoms with van der Waals surface area (Å²) < 4.78 is 13.4. The fraction of sp³-hybridized carbons (Fsp3) is 0.125. The van der Waals surface area contributed by atoms with E-state index in [-0.39, 0.29) is 5.69 Å². The molecule has 0 radical (unpaired) electrons. The van der Waals surface area contributed by atoms with E-state index in [0.717, 1.165) is 0 Å². The minimum atomic E-state index is -1.17. The molecule has 1 unspecified atom stereocenters. The van der Waals surface area contributed by atoms with Crippen molar-refractivity contribution >= 4 is 11.0 Å². The molecule has 4 nitrogen and oxygen atoms in total. The van der Waals surface area contributed by atoms with E-state index in [1.54, 1.807) is 24.3 Å². The Morgan fingerprint density at radius 2 is 1.71 bits per heavy atom. The quantitative estimate of drug-likeness (QED) is 0.775. The highest BCUT2D eigenvalue weighted by atomic mass is 19.1. The zero-order valence-electron chi connectivity index (χ0n) is 11.1. The van der Waals surface area contributed by atoms with Gasteiger partial charge in [-0.25, -0.2) is 14.4 Å². The number of rotatable bonds is 3. The van der Waals surface area contributed by atoms with Crippen LogP contribution in [0.2, 0.25) is 0 Å². The maximum absolute atomic E-state index is 13.4. The molecule has 2 aromatic carbocycles. The monoisotopic (exact) mass is 284 g/mol. The Balaban J connectivity index is 2.28. The van der Waals surface area contributed by atoms with Gasteiger partial charge in [0.1, 0.15) is 11.9 Å². The minimum Gasteiger partial charge on any atom is -0.393 e. The predicted molar refractivity (Wildman–Crippen MR) is 77.0 cm³/mol. The van der Waals surface area contributed by atoms with Crippen LogP contribution in [0.1, 0.15) is 11.8 Å². The number of fused-ring (bicyclic) bond motifs is 1. The summed E-state index contributed by atoms with van der Waals surface area (Å²) in [7, 11) is 0. The van der Waals surface area contributed by atoms with Crippen LogP contribution in [0.5, 0.6) is 0 Å². The fourth-order valence-corrected chi connectivity index (χ4v) is 2.18. The fourth-order valence-electron chi connectivity index (χ4n) is 2.18. The lowest BCUT2D eigenvalue weighted by molar-refractivity contribution is 0.0927. The van der Waals surface area contributed by atoms with E-state index in [4.69, 9.17) is 0 Å². The average molecular weight is 284 g/mol. The molecule has 3 aromatic rings. The molecular weight excluding hydrogens is 271 g/mol. The van der Waals surface area contributed by atoms with Crippen molar-refractivity contribution in [2.45, 2.75) is 6.10 Å². The molecule has 0 saturated heterocycles. The van der Waals surface area contributed by atoms with Crippen LogP contribution < -0.4 is 0 Å². The van der Waals surface area contributed by atoms with E-state index >= 15 is 0 Å². The molecule has 5 heteroatoms. The molecule has 0 spiro atoms. The van der Waals surface area contributed by atoms with Crippen molar-refractivity contribution in [2.75, 3.05) is 6.61 Å². The van der Waals surface area contributed by atoms with Crippen molar-refractivity contribution in [1.82, 2.24) is 9.97 Å². The molecule has 0 amide bonds. The van der Waals surface area contributed by atoms with E-state index in [9.17, 15) is 14.6 Å². The predicted octanol–water partition coefficient (Wildman–Crippen LogP) is 2.46. The zero-order chi connectivity index (χ0) is 14.8. The molecular formula is C16H13FN2O2. The molecule has 0 aliphatic rings. The lowest BCUT2D eigenvalue weighted by Crippen LogP contribution is -2.09. The summed E-state index contributed by atoms with van der Waals surface area (Å²) in [6.45, 7) is -0.477. The van der Waals surface area contributed by atoms with Crippen LogP contribution in [0.4, 0.5) is 4.39 Å². The third-order valence-electron chi connectivity index (χ3n) is 3.18. The van der Waals surface area contributed by atoms with Gasteiger partial charge in [0.15, 0.2) is 0 Å². The van der Waals surface area contributed by atoms with Crippen molar-refractivity contribution < 1.29 is 14.6 Å². The van der Waals surface area contributed by atoms with Crippen molar-refractivity contribution in [2.24, 2.45) is 0 Å². The molecule has 1 heterocycles. The number of nitrogens with zero attached hydrogens (tertiary/aromatic N) is 2. The van der Waals surface area contributed by atoms with Crippen molar-refractivity contribution in [3.63, 3.8) is 0 Å². The van der Waals surface area contributed by atoms with Crippen molar-refractivity contribution in [3.8, 4) is 11.3 Å². The summed E-state index contributed by atoms with van der Waals surface area (Å²) in [5.41, 5.74) is 2.37. The van der Waals surface area contributed by atoms with Gasteiger partial charge < -0.3 is 10.2 Å². The van der Waals surface area contributed by atoms with Gasteiger partial charge in [-0.15, -0.1) is 0 Å². The van der Waals surface area contributed by atoms with Gasteiger partial charge in [-0.3, -0.25) is 0 Å². The van der Waals surface area contributed by atoms with Crippen LogP contribution in [0.3, 0.4) is 0 Å². The average Bonchev–Trinajstić information content (AvgIpc) is 2.53. The molecule has 1 atom stereocenters. The highest BCUT2D eigenvalue weighted by Crippen LogP contribution is 2.27. The first-order valence-electron chi connectivity index (χ1n) is 6.50. The summed E-state index contributed by atoms with van der Waals surface area (Å²) >= 11 is 0. The molecule has 0 aliphatic heterocycles. The normalized spacial score (nSPS) is 12.5. The zero-order valence-corrected chi connectivity index (χ0v) is 11.1. The van der Waals surface area contributed by atoms with Crippen LogP contribution in [0.25, 0.3) is 22.3 Å². The Bertz CT molecular complexity index is 792. The van der Waals surface area contributed by atoms with Crippen LogP contribution in [-0.4, -0.2) is 26.8 Å². The SMILES string of the molecule is OCC(O)c1nc2ccccc2nc1-c1cccc(F)c1. The molecule has 21 heavy (non-hydrogen) atoms. The lowest BCUT2D eigenvalue weighted by Gasteiger charge is -2.13. The Morgan fingerprint density at radius 1 is 1.00 bits per heavy atom. The van der Waals surface area contributed by atoms with Crippen LogP contribution in [0.15, 0.2) is 48.5 Å². The second-order valence-corrected chi connectivity index (χ2v) is 4.65. The molecule has 0 saturated carbocycles. The van der Waals surface area contributed by atoms with Gasteiger partial charge in [-0.05, 0) is 24.3 Å². The Hall–Kier alpha value is -2.37. The van der Waals surface area contributed by atoms with Gasteiger partial charge in [0.05, 0.1) is 29.0 Å². The summed E-state index contributed by atoms with van der Waals surface area (Å²) in [5, 5.41) is 19.1. The highest BCUT2D eigenvalue weighted by molar-refractivity contribution is 5.78. The minimum absolute atomic E-state index is 0.238. The van der Waals surface area contributed by atoms with Crippen molar-refractivity contribution in [3.05, 3.63) is 60.0 Å². The summed E-state index contributed by atoms with van der Waals surface area (Å²) in [4.78, 5) is 8.81. The van der Waals surface area contributed by atoms with E-state index in [1.807, 2.05) is 12.1 Å². The third kappa shape index (κ3) is 2.61. The van der Waals surface area contributed by atoms with Crippen LogP contribution in [0, 0.1) is 5.82 Å². The van der Waals surface area contributed by atoms with Gasteiger partial charge in [-0.1, -0.05) is 24.3 Å². The van der Waals surface area contributed by atoms with Gasteiger partial charge >= 0.3 is 0 Å². The number of hydrogen-bond donors (Lipinski definition) is 2. The van der Waals surface area contributed by atoms with Crippen LogP contribution in [-0.2, 0) is 0 Å². The molecule has 1 aromatic heterocycles. The van der Waals surface area contributed by atoms with Gasteiger partial charge in [0.2, 0.25) is 0 Å². The van der Waals surface area contributed by atoms with E-state index in [0.29, 0.717) is 22.3 Å². The summed E-state index contributed by atoms with van der Waals surface area (Å²) in [5.74, 6) is -0.396. The summed E-state index contributed by atoms with van der Waals surface area (Å²) in [6.07, 6.45) is -1.17. The smallest absolute Gasteiger partial charge is 0.123 e. The first-order valence-corrected chi connectivity index (χ1v) is 6.50. The summed E-state index contributed by atoms with van der Waals surface area (Å²) in [6, 6.07) is 13.1. The number of hydrogen-bond acceptors (Lipinski definition) is 4. The van der Waals surface area contributed by atoms with Gasteiger partial charge in [-0.2, -0.15) is 0 Å². The second-order valence-electron chi connectivity index (χ2n) is 4.65. The lowest BCUT2D eigenvalue weighted by atomic mass is 10.1. The first-order chi connectivity index (χ1) is 10.2. The van der Waals surface area contributed by atoms with E-state index < -0.39 is 18.5 Å². The maximum Gasteiger partial charge on any atom is 0.123 e. The number of aliphatic hydroxyl groups is 2. The number of para-hydroxylation sites is 2. The van der Waals surface area contributed by atoms with E-state index in [1.165, 1.54) is 12.1 Å². The molecule has 0 aliphatic carbocycles. The van der Waals surface area contributed by atoms with E-state index in [2.05, 4.69) is 9.97 Å². The van der Waals surface area contributed by atoms with Gasteiger partial charge in [0, 0.05) is 5.56 Å². The number of aliphatic hydroxyl groups excluding tert-OH is 2. The topological polar surface area (TPSA) is 66.2 Å². The maximum atomic E-state index is 13.4. The number of aromatic nitrogens is 2. The van der Waals surface area contributed by atoms with Gasteiger partial charge in [0.25, 0.3) is 0 Å². The Morgan fingerprint density at radius 3 is 2.38 bits per heavy atom. The highest BCUT2D eigenvalue weighted by Gasteiger charge is 2.18. The molecule has 3 rings (SSSR count). The Kier molecular flexibility index (Phi) is 3.60. The third-order valence-corrected chi connectivity index (χ3v) is 3.18. The van der Waals surface area contributed by atoms with Crippen LogP contribution >= 0.6 is 0 Å². The standard InChI is InChI=1S/C16H13FN2O2/c17-11-5-3-4-10(8-11)15-16(14(21)9-20)19-13-7-2-1-6-12(13)18-15/h1-8,14,20-21H,9H2. The number of halogens is 1. The number of benzene rings is 2. The molecule has 0 fully saturated rings. The van der Waals surface area contributed by atoms with Crippen molar-refractivity contribution in [1.29, 1.82) is 0 Å². The second kappa shape index (κ2) is 5.55. The Labute approximate surface area is 120 Å². The first kappa shape index (κ1) is 13.6. The molecule has 106 valence electrons.